The molecule has 1 fully saturated rings. The first-order valence-corrected chi connectivity index (χ1v) is 9.38. The number of nitrogens with one attached hydrogen (secondary N) is 3. The van der Waals surface area contributed by atoms with Crippen LogP contribution in [0.25, 0.3) is 0 Å². The number of likely N-dealkylation sites (tertiary alicyclic amines) is 1. The van der Waals surface area contributed by atoms with Crippen molar-refractivity contribution in [3.8, 4) is 0 Å². The van der Waals surface area contributed by atoms with Gasteiger partial charge in [0.05, 0.1) is 6.54 Å². The van der Waals surface area contributed by atoms with E-state index in [4.69, 9.17) is 0 Å². The van der Waals surface area contributed by atoms with Gasteiger partial charge < -0.3 is 20.9 Å². The van der Waals surface area contributed by atoms with E-state index in [-0.39, 0.29) is 18.0 Å². The van der Waals surface area contributed by atoms with Gasteiger partial charge >= 0.3 is 0 Å². The van der Waals surface area contributed by atoms with Crippen LogP contribution in [-0.2, 0) is 4.79 Å². The lowest BCUT2D eigenvalue weighted by atomic mass is 10.1. The van der Waals surface area contributed by atoms with Crippen molar-refractivity contribution < 1.29 is 4.79 Å². The number of nitrogens with zero attached hydrogens (tertiary/aromatic N) is 2. The van der Waals surface area contributed by atoms with Crippen molar-refractivity contribution in [2.45, 2.75) is 64.8 Å². The first kappa shape index (κ1) is 20.7. The zero-order valence-corrected chi connectivity index (χ0v) is 16.1. The van der Waals surface area contributed by atoms with E-state index in [0.717, 1.165) is 13.0 Å². The second-order valence-corrected chi connectivity index (χ2v) is 7.61. The van der Waals surface area contributed by atoms with Gasteiger partial charge in [0.25, 0.3) is 0 Å². The van der Waals surface area contributed by atoms with Gasteiger partial charge in [0.1, 0.15) is 0 Å². The molecule has 6 nitrogen and oxygen atoms in total. The molecule has 0 radical (unpaired) electrons. The summed E-state index contributed by atoms with van der Waals surface area (Å²) in [5.74, 6) is 0.669. The Bertz CT molecular complexity index is 383. The second kappa shape index (κ2) is 11.3. The molecular weight excluding hydrogens is 302 g/mol. The van der Waals surface area contributed by atoms with E-state index < -0.39 is 0 Å². The number of aliphatic imine (C=N–C) groups is 1. The Morgan fingerprint density at radius 2 is 1.75 bits per heavy atom. The molecule has 0 unspecified atom stereocenters. The number of rotatable bonds is 8. The Hall–Kier alpha value is -1.30. The molecule has 0 aromatic rings. The molecule has 1 aliphatic heterocycles. The highest BCUT2D eigenvalue weighted by Gasteiger charge is 2.13. The summed E-state index contributed by atoms with van der Waals surface area (Å²) in [7, 11) is 1.73. The maximum absolute atomic E-state index is 11.8. The average Bonchev–Trinajstić information content (AvgIpc) is 2.52. The van der Waals surface area contributed by atoms with E-state index >= 15 is 0 Å². The molecule has 0 aromatic carbocycles. The van der Waals surface area contributed by atoms with E-state index in [1.807, 2.05) is 20.8 Å². The van der Waals surface area contributed by atoms with Gasteiger partial charge in [0, 0.05) is 19.1 Å². The highest BCUT2D eigenvalue weighted by atomic mass is 16.2. The molecule has 0 atom stereocenters. The lowest BCUT2D eigenvalue weighted by molar-refractivity contribution is -0.121. The maximum Gasteiger partial charge on any atom is 0.239 e. The third-order valence-electron chi connectivity index (χ3n) is 4.05. The van der Waals surface area contributed by atoms with Gasteiger partial charge in [-0.15, -0.1) is 0 Å². The fourth-order valence-corrected chi connectivity index (χ4v) is 2.87. The molecule has 140 valence electrons. The number of piperidine rings is 1. The van der Waals surface area contributed by atoms with Crippen LogP contribution < -0.4 is 16.0 Å². The van der Waals surface area contributed by atoms with E-state index in [1.54, 1.807) is 7.05 Å². The number of hydrogen-bond acceptors (Lipinski definition) is 3. The summed E-state index contributed by atoms with van der Waals surface area (Å²) in [5.41, 5.74) is -0.204. The van der Waals surface area contributed by atoms with Gasteiger partial charge in [-0.05, 0) is 66.1 Å². The third kappa shape index (κ3) is 10.5. The largest absolute Gasteiger partial charge is 0.356 e. The lowest BCUT2D eigenvalue weighted by Gasteiger charge is -2.26. The first-order chi connectivity index (χ1) is 11.4. The molecule has 1 aliphatic rings. The minimum atomic E-state index is -0.204. The topological polar surface area (TPSA) is 68.8 Å². The summed E-state index contributed by atoms with van der Waals surface area (Å²) in [5, 5.41) is 9.25. The van der Waals surface area contributed by atoms with E-state index in [2.05, 4.69) is 25.8 Å². The van der Waals surface area contributed by atoms with E-state index in [9.17, 15) is 4.79 Å². The van der Waals surface area contributed by atoms with Crippen LogP contribution in [0.5, 0.6) is 0 Å². The molecule has 1 heterocycles. The Morgan fingerprint density at radius 1 is 1.04 bits per heavy atom. The quantitative estimate of drug-likeness (QED) is 0.358. The molecule has 24 heavy (non-hydrogen) atoms. The molecule has 1 saturated heterocycles. The minimum Gasteiger partial charge on any atom is -0.356 e. The standard InChI is InChI=1S/C18H37N5O/c1-18(2,3)22-16(24)15-21-17(19-4)20-11-7-5-8-12-23-13-9-6-10-14-23/h5-15H2,1-4H3,(H,22,24)(H2,19,20,21). The molecule has 1 amide bonds. The zero-order chi connectivity index (χ0) is 17.8. The molecule has 6 heteroatoms. The van der Waals surface area contributed by atoms with Gasteiger partial charge in [-0.2, -0.15) is 0 Å². The Kier molecular flexibility index (Phi) is 9.76. The van der Waals surface area contributed by atoms with Crippen LogP contribution in [0.2, 0.25) is 0 Å². The Balaban J connectivity index is 2.04. The maximum atomic E-state index is 11.8. The van der Waals surface area contributed by atoms with Crippen molar-refractivity contribution in [1.29, 1.82) is 0 Å². The van der Waals surface area contributed by atoms with Crippen molar-refractivity contribution >= 4 is 11.9 Å². The summed E-state index contributed by atoms with van der Waals surface area (Å²) < 4.78 is 0. The molecule has 0 aromatic heterocycles. The summed E-state index contributed by atoms with van der Waals surface area (Å²) in [4.78, 5) is 18.5. The van der Waals surface area contributed by atoms with Crippen LogP contribution in [-0.4, -0.2) is 62.1 Å². The molecule has 0 saturated carbocycles. The second-order valence-electron chi connectivity index (χ2n) is 7.61. The molecule has 1 rings (SSSR count). The van der Waals surface area contributed by atoms with E-state index in [1.165, 1.54) is 51.7 Å². The predicted molar refractivity (Wildman–Crippen MR) is 101 cm³/mol. The third-order valence-corrected chi connectivity index (χ3v) is 4.05. The van der Waals surface area contributed by atoms with Crippen molar-refractivity contribution in [1.82, 2.24) is 20.9 Å². The number of guanidine groups is 1. The molecular formula is C18H37N5O. The summed E-state index contributed by atoms with van der Waals surface area (Å²) >= 11 is 0. The van der Waals surface area contributed by atoms with Gasteiger partial charge in [-0.1, -0.05) is 12.8 Å². The van der Waals surface area contributed by atoms with Crippen molar-refractivity contribution in [2.24, 2.45) is 4.99 Å². The zero-order valence-electron chi connectivity index (χ0n) is 16.1. The number of unbranched alkanes of at least 4 members (excludes halogenated alkanes) is 2. The van der Waals surface area contributed by atoms with Crippen LogP contribution >= 0.6 is 0 Å². The molecule has 3 N–H and O–H groups in total. The summed E-state index contributed by atoms with van der Waals surface area (Å²) in [6, 6.07) is 0. The summed E-state index contributed by atoms with van der Waals surface area (Å²) in [6.45, 7) is 10.9. The highest BCUT2D eigenvalue weighted by Crippen LogP contribution is 2.09. The van der Waals surface area contributed by atoms with Crippen molar-refractivity contribution in [3.05, 3.63) is 0 Å². The fourth-order valence-electron chi connectivity index (χ4n) is 2.87. The van der Waals surface area contributed by atoms with Gasteiger partial charge in [-0.25, -0.2) is 0 Å². The number of carbonyl (C=O) groups is 1. The minimum absolute atomic E-state index is 0.0213. The van der Waals surface area contributed by atoms with Crippen LogP contribution in [0.1, 0.15) is 59.3 Å². The SMILES string of the molecule is CN=C(NCCCCCN1CCCCC1)NCC(=O)NC(C)(C)C. The van der Waals surface area contributed by atoms with Gasteiger partial charge in [0.15, 0.2) is 5.96 Å². The monoisotopic (exact) mass is 339 g/mol. The number of hydrogen-bond donors (Lipinski definition) is 3. The van der Waals surface area contributed by atoms with Crippen LogP contribution in [0, 0.1) is 0 Å². The van der Waals surface area contributed by atoms with Crippen LogP contribution in [0.3, 0.4) is 0 Å². The lowest BCUT2D eigenvalue weighted by Crippen LogP contribution is -2.48. The van der Waals surface area contributed by atoms with Gasteiger partial charge in [0.2, 0.25) is 5.91 Å². The predicted octanol–water partition coefficient (Wildman–Crippen LogP) is 1.72. The smallest absolute Gasteiger partial charge is 0.239 e. The Morgan fingerprint density at radius 3 is 2.38 bits per heavy atom. The Labute approximate surface area is 147 Å². The highest BCUT2D eigenvalue weighted by molar-refractivity contribution is 5.86. The van der Waals surface area contributed by atoms with Crippen LogP contribution in [0.15, 0.2) is 4.99 Å². The van der Waals surface area contributed by atoms with Crippen molar-refractivity contribution in [2.75, 3.05) is 39.8 Å². The van der Waals surface area contributed by atoms with Gasteiger partial charge in [-0.3, -0.25) is 9.79 Å². The normalized spacial score (nSPS) is 16.8. The van der Waals surface area contributed by atoms with Crippen LogP contribution in [0.4, 0.5) is 0 Å². The summed E-state index contributed by atoms with van der Waals surface area (Å²) in [6.07, 6.45) is 7.76. The van der Waals surface area contributed by atoms with Crippen molar-refractivity contribution in [3.63, 3.8) is 0 Å². The number of amides is 1. The van der Waals surface area contributed by atoms with E-state index in [0.29, 0.717) is 5.96 Å². The number of carbonyl (C=O) groups excluding carboxylic acids is 1. The molecule has 0 spiro atoms. The average molecular weight is 340 g/mol. The fraction of sp³-hybridized carbons (Fsp3) is 0.889. The first-order valence-electron chi connectivity index (χ1n) is 9.38. The molecule has 0 aliphatic carbocycles. The molecule has 0 bridgehead atoms.